The molecule has 1 aliphatic heterocycles. The number of sulfone groups is 1. The van der Waals surface area contributed by atoms with Gasteiger partial charge >= 0.3 is 0 Å². The Morgan fingerprint density at radius 3 is 2.32 bits per heavy atom. The summed E-state index contributed by atoms with van der Waals surface area (Å²) in [4.78, 5) is 17.2. The van der Waals surface area contributed by atoms with Crippen molar-refractivity contribution in [1.29, 1.82) is 5.26 Å². The van der Waals surface area contributed by atoms with Crippen LogP contribution in [0.2, 0.25) is 0 Å². The second kappa shape index (κ2) is 9.62. The molecule has 8 nitrogen and oxygen atoms in total. The number of hydrogen-bond acceptors (Lipinski definition) is 6. The highest BCUT2D eigenvalue weighted by Gasteiger charge is 2.24. The molecular formula is C22H29N5O3S. The van der Waals surface area contributed by atoms with Crippen LogP contribution in [-0.4, -0.2) is 65.8 Å². The van der Waals surface area contributed by atoms with E-state index in [0.29, 0.717) is 25.1 Å². The SMILES string of the molecule is Cc1nn(C)c(C)c1CN1CCN(C(=O)c2ccc(S(=O)(=O)CCCC#N)cc2)CC1. The van der Waals surface area contributed by atoms with Crippen molar-refractivity contribution in [2.24, 2.45) is 7.05 Å². The Hall–Kier alpha value is -2.70. The third kappa shape index (κ3) is 5.32. The van der Waals surface area contributed by atoms with Gasteiger partial charge in [0.05, 0.1) is 22.4 Å². The number of aromatic nitrogens is 2. The number of nitrogens with zero attached hydrogens (tertiary/aromatic N) is 5. The van der Waals surface area contributed by atoms with Crippen molar-refractivity contribution in [3.05, 3.63) is 46.8 Å². The number of nitriles is 1. The Morgan fingerprint density at radius 1 is 1.13 bits per heavy atom. The van der Waals surface area contributed by atoms with Crippen LogP contribution < -0.4 is 0 Å². The number of amides is 1. The molecule has 0 bridgehead atoms. The predicted molar refractivity (Wildman–Crippen MR) is 117 cm³/mol. The van der Waals surface area contributed by atoms with E-state index < -0.39 is 9.84 Å². The van der Waals surface area contributed by atoms with Crippen LogP contribution in [-0.2, 0) is 23.4 Å². The van der Waals surface area contributed by atoms with Crippen molar-refractivity contribution in [3.63, 3.8) is 0 Å². The molecule has 3 rings (SSSR count). The Balaban J connectivity index is 1.57. The number of rotatable bonds is 7. The Labute approximate surface area is 184 Å². The van der Waals surface area contributed by atoms with Crippen LogP contribution in [0.1, 0.15) is 40.2 Å². The number of piperazine rings is 1. The van der Waals surface area contributed by atoms with Gasteiger partial charge in [-0.3, -0.25) is 14.4 Å². The van der Waals surface area contributed by atoms with Gasteiger partial charge in [0.1, 0.15) is 0 Å². The van der Waals surface area contributed by atoms with E-state index in [0.717, 1.165) is 25.3 Å². The standard InChI is InChI=1S/C22H29N5O3S/c1-17-21(18(2)25(3)24-17)16-26-11-13-27(14-12-26)22(28)19-6-8-20(9-7-19)31(29,30)15-5-4-10-23/h6-9H,4-5,11-16H2,1-3H3. The molecule has 31 heavy (non-hydrogen) atoms. The lowest BCUT2D eigenvalue weighted by atomic mass is 10.1. The van der Waals surface area contributed by atoms with Crippen molar-refractivity contribution in [2.45, 2.75) is 38.1 Å². The van der Waals surface area contributed by atoms with Gasteiger partial charge in [0.15, 0.2) is 9.84 Å². The van der Waals surface area contributed by atoms with Crippen LogP contribution in [0.15, 0.2) is 29.2 Å². The van der Waals surface area contributed by atoms with Crippen molar-refractivity contribution < 1.29 is 13.2 Å². The van der Waals surface area contributed by atoms with E-state index in [9.17, 15) is 13.2 Å². The van der Waals surface area contributed by atoms with Crippen molar-refractivity contribution in [3.8, 4) is 6.07 Å². The molecule has 2 aromatic rings. The van der Waals surface area contributed by atoms with Gasteiger partial charge in [-0.05, 0) is 44.5 Å². The van der Waals surface area contributed by atoms with E-state index in [-0.39, 0.29) is 23.0 Å². The molecule has 0 radical (unpaired) electrons. The first-order chi connectivity index (χ1) is 14.7. The summed E-state index contributed by atoms with van der Waals surface area (Å²) in [6.45, 7) is 7.75. The van der Waals surface area contributed by atoms with E-state index in [1.807, 2.05) is 29.6 Å². The third-order valence-corrected chi connectivity index (χ3v) is 7.68. The van der Waals surface area contributed by atoms with Crippen LogP contribution in [0.3, 0.4) is 0 Å². The fourth-order valence-electron chi connectivity index (χ4n) is 3.83. The van der Waals surface area contributed by atoms with Crippen LogP contribution in [0, 0.1) is 25.2 Å². The van der Waals surface area contributed by atoms with Crippen molar-refractivity contribution in [2.75, 3.05) is 31.9 Å². The van der Waals surface area contributed by atoms with Crippen molar-refractivity contribution >= 4 is 15.7 Å². The maximum atomic E-state index is 12.9. The highest BCUT2D eigenvalue weighted by atomic mass is 32.2. The van der Waals surface area contributed by atoms with Gasteiger partial charge in [-0.25, -0.2) is 8.42 Å². The fraction of sp³-hybridized carbons (Fsp3) is 0.500. The number of carbonyl (C=O) groups is 1. The molecule has 0 N–H and O–H groups in total. The molecule has 1 saturated heterocycles. The summed E-state index contributed by atoms with van der Waals surface area (Å²) in [7, 11) is -1.48. The summed E-state index contributed by atoms with van der Waals surface area (Å²) < 4.78 is 26.5. The first-order valence-electron chi connectivity index (χ1n) is 10.4. The predicted octanol–water partition coefficient (Wildman–Crippen LogP) is 2.07. The summed E-state index contributed by atoms with van der Waals surface area (Å²) >= 11 is 0. The van der Waals surface area contributed by atoms with Gasteiger partial charge in [0, 0.05) is 63.0 Å². The molecule has 1 fully saturated rings. The van der Waals surface area contributed by atoms with Gasteiger partial charge in [-0.1, -0.05) is 0 Å². The van der Waals surface area contributed by atoms with E-state index in [2.05, 4.69) is 16.9 Å². The number of carbonyl (C=O) groups excluding carboxylic acids is 1. The minimum absolute atomic E-state index is 0.0638. The molecule has 2 heterocycles. The molecule has 0 saturated carbocycles. The molecule has 1 amide bonds. The summed E-state index contributed by atoms with van der Waals surface area (Å²) in [6.07, 6.45) is 0.517. The monoisotopic (exact) mass is 443 g/mol. The molecule has 1 aromatic carbocycles. The lowest BCUT2D eigenvalue weighted by Crippen LogP contribution is -2.48. The highest BCUT2D eigenvalue weighted by molar-refractivity contribution is 7.91. The zero-order valence-corrected chi connectivity index (χ0v) is 19.2. The molecule has 9 heteroatoms. The molecule has 0 unspecified atom stereocenters. The minimum atomic E-state index is -3.43. The van der Waals surface area contributed by atoms with Gasteiger partial charge < -0.3 is 4.90 Å². The maximum Gasteiger partial charge on any atom is 0.253 e. The van der Waals surface area contributed by atoms with Crippen LogP contribution >= 0.6 is 0 Å². The summed E-state index contributed by atoms with van der Waals surface area (Å²) in [5.74, 6) is -0.145. The van der Waals surface area contributed by atoms with Gasteiger partial charge in [-0.15, -0.1) is 0 Å². The number of hydrogen-bond donors (Lipinski definition) is 0. The van der Waals surface area contributed by atoms with Crippen LogP contribution in [0.25, 0.3) is 0 Å². The second-order valence-electron chi connectivity index (χ2n) is 7.95. The first-order valence-corrected chi connectivity index (χ1v) is 12.1. The number of benzene rings is 1. The van der Waals surface area contributed by atoms with E-state index >= 15 is 0 Å². The maximum absolute atomic E-state index is 12.9. The fourth-order valence-corrected chi connectivity index (χ4v) is 5.14. The van der Waals surface area contributed by atoms with E-state index in [1.54, 1.807) is 12.1 Å². The average molecular weight is 444 g/mol. The Morgan fingerprint density at radius 2 is 1.77 bits per heavy atom. The van der Waals surface area contributed by atoms with Crippen LogP contribution in [0.4, 0.5) is 0 Å². The molecule has 0 atom stereocenters. The molecule has 0 spiro atoms. The summed E-state index contributed by atoms with van der Waals surface area (Å²) in [6, 6.07) is 8.08. The van der Waals surface area contributed by atoms with E-state index in [1.165, 1.54) is 23.4 Å². The smallest absolute Gasteiger partial charge is 0.253 e. The molecule has 0 aliphatic carbocycles. The number of unbranched alkanes of at least 4 members (excludes halogenated alkanes) is 1. The zero-order valence-electron chi connectivity index (χ0n) is 18.3. The Bertz CT molecular complexity index is 1080. The van der Waals surface area contributed by atoms with E-state index in [4.69, 9.17) is 5.26 Å². The zero-order chi connectivity index (χ0) is 22.6. The second-order valence-corrected chi connectivity index (χ2v) is 10.1. The van der Waals surface area contributed by atoms with Gasteiger partial charge in [0.2, 0.25) is 0 Å². The van der Waals surface area contributed by atoms with Gasteiger partial charge in [0.25, 0.3) is 5.91 Å². The molecule has 166 valence electrons. The third-order valence-electron chi connectivity index (χ3n) is 5.86. The lowest BCUT2D eigenvalue weighted by molar-refractivity contribution is 0.0628. The van der Waals surface area contributed by atoms with Crippen LogP contribution in [0.5, 0.6) is 0 Å². The molecule has 1 aromatic heterocycles. The number of aryl methyl sites for hydroxylation is 2. The van der Waals surface area contributed by atoms with Gasteiger partial charge in [-0.2, -0.15) is 10.4 Å². The summed E-state index contributed by atoms with van der Waals surface area (Å²) in [5, 5.41) is 13.0. The highest BCUT2D eigenvalue weighted by Crippen LogP contribution is 2.18. The Kier molecular flexibility index (Phi) is 7.13. The normalized spacial score (nSPS) is 15.1. The summed E-state index contributed by atoms with van der Waals surface area (Å²) in [5.41, 5.74) is 3.94. The lowest BCUT2D eigenvalue weighted by Gasteiger charge is -2.34. The topological polar surface area (TPSA) is 99.3 Å². The largest absolute Gasteiger partial charge is 0.336 e. The quantitative estimate of drug-likeness (QED) is 0.608. The first kappa shape index (κ1) is 23.0. The average Bonchev–Trinajstić information content (AvgIpc) is 3.00. The molecule has 1 aliphatic rings. The van der Waals surface area contributed by atoms with Crippen molar-refractivity contribution in [1.82, 2.24) is 19.6 Å². The molecular weight excluding hydrogens is 414 g/mol. The minimum Gasteiger partial charge on any atom is -0.336 e.